The fourth-order valence-corrected chi connectivity index (χ4v) is 3.76. The summed E-state index contributed by atoms with van der Waals surface area (Å²) in [4.78, 5) is 25.8. The Bertz CT molecular complexity index is 1170. The number of para-hydroxylation sites is 1. The van der Waals surface area contributed by atoms with Gasteiger partial charge in [0, 0.05) is 12.3 Å². The molecule has 0 saturated carbocycles. The third-order valence-electron chi connectivity index (χ3n) is 5.32. The van der Waals surface area contributed by atoms with Gasteiger partial charge in [0.1, 0.15) is 5.56 Å². The SMILES string of the molecule is CCOC(=O)c1cnn(-c2ccccc2)c1NC(=O)CC(c1ccccc1)c1ccccc1. The largest absolute Gasteiger partial charge is 0.462 e. The zero-order valence-corrected chi connectivity index (χ0v) is 18.3. The first-order valence-electron chi connectivity index (χ1n) is 10.9. The van der Waals surface area contributed by atoms with E-state index >= 15 is 0 Å². The first-order chi connectivity index (χ1) is 16.2. The molecule has 0 aliphatic heterocycles. The Morgan fingerprint density at radius 2 is 1.42 bits per heavy atom. The summed E-state index contributed by atoms with van der Waals surface area (Å²) in [6, 6.07) is 29.2. The van der Waals surface area contributed by atoms with Crippen LogP contribution in [0.4, 0.5) is 5.82 Å². The molecule has 6 heteroatoms. The molecule has 3 aromatic carbocycles. The number of rotatable bonds is 8. The van der Waals surface area contributed by atoms with Crippen molar-refractivity contribution < 1.29 is 14.3 Å². The average Bonchev–Trinajstić information content (AvgIpc) is 3.28. The van der Waals surface area contributed by atoms with Crippen molar-refractivity contribution in [1.29, 1.82) is 0 Å². The van der Waals surface area contributed by atoms with Crippen LogP contribution in [0.2, 0.25) is 0 Å². The molecule has 0 atom stereocenters. The molecule has 0 aliphatic carbocycles. The van der Waals surface area contributed by atoms with E-state index in [0.29, 0.717) is 5.82 Å². The number of esters is 1. The zero-order chi connectivity index (χ0) is 23.0. The number of amides is 1. The fourth-order valence-electron chi connectivity index (χ4n) is 3.76. The standard InChI is InChI=1S/C27H25N3O3/c1-2-33-27(32)24-19-28-30(22-16-10-5-11-17-22)26(24)29-25(31)18-23(20-12-6-3-7-13-20)21-14-8-4-9-15-21/h3-17,19,23H,2,18H2,1H3,(H,29,31). The maximum atomic E-state index is 13.3. The van der Waals surface area contributed by atoms with Crippen LogP contribution >= 0.6 is 0 Å². The summed E-state index contributed by atoms with van der Waals surface area (Å²) in [5.41, 5.74) is 3.03. The van der Waals surface area contributed by atoms with Crippen LogP contribution in [0.1, 0.15) is 40.7 Å². The summed E-state index contributed by atoms with van der Waals surface area (Å²) < 4.78 is 6.72. The Balaban J connectivity index is 1.65. The first-order valence-corrected chi connectivity index (χ1v) is 10.9. The van der Waals surface area contributed by atoms with Crippen LogP contribution in [0.25, 0.3) is 5.69 Å². The maximum absolute atomic E-state index is 13.3. The van der Waals surface area contributed by atoms with Crippen molar-refractivity contribution in [3.05, 3.63) is 114 Å². The fraction of sp³-hybridized carbons (Fsp3) is 0.148. The van der Waals surface area contributed by atoms with Crippen LogP contribution in [0.5, 0.6) is 0 Å². The van der Waals surface area contributed by atoms with E-state index in [1.165, 1.54) is 6.20 Å². The van der Waals surface area contributed by atoms with Crippen LogP contribution in [0.15, 0.2) is 97.2 Å². The third-order valence-corrected chi connectivity index (χ3v) is 5.32. The highest BCUT2D eigenvalue weighted by Crippen LogP contribution is 2.29. The van der Waals surface area contributed by atoms with Crippen molar-refractivity contribution in [3.63, 3.8) is 0 Å². The molecule has 0 fully saturated rings. The lowest BCUT2D eigenvalue weighted by Crippen LogP contribution is -2.20. The van der Waals surface area contributed by atoms with Gasteiger partial charge in [-0.1, -0.05) is 78.9 Å². The van der Waals surface area contributed by atoms with Crippen molar-refractivity contribution in [2.45, 2.75) is 19.3 Å². The van der Waals surface area contributed by atoms with Crippen LogP contribution in [0.3, 0.4) is 0 Å². The summed E-state index contributed by atoms with van der Waals surface area (Å²) in [6.07, 6.45) is 1.63. The van der Waals surface area contributed by atoms with Gasteiger partial charge in [-0.15, -0.1) is 0 Å². The van der Waals surface area contributed by atoms with Crippen molar-refractivity contribution in [3.8, 4) is 5.69 Å². The molecule has 0 aliphatic rings. The molecule has 6 nitrogen and oxygen atoms in total. The number of nitrogens with zero attached hydrogens (tertiary/aromatic N) is 2. The van der Waals surface area contributed by atoms with Crippen LogP contribution in [0, 0.1) is 0 Å². The van der Waals surface area contributed by atoms with Crippen LogP contribution < -0.4 is 5.32 Å². The topological polar surface area (TPSA) is 73.2 Å². The van der Waals surface area contributed by atoms with E-state index < -0.39 is 5.97 Å². The van der Waals surface area contributed by atoms with Crippen molar-refractivity contribution in [2.24, 2.45) is 0 Å². The van der Waals surface area contributed by atoms with Gasteiger partial charge in [0.15, 0.2) is 5.82 Å². The predicted molar refractivity (Wildman–Crippen MR) is 127 cm³/mol. The molecule has 0 bridgehead atoms. The van der Waals surface area contributed by atoms with Gasteiger partial charge in [-0.25, -0.2) is 9.48 Å². The number of benzene rings is 3. The van der Waals surface area contributed by atoms with E-state index in [-0.39, 0.29) is 30.4 Å². The molecule has 1 aromatic heterocycles. The molecule has 0 radical (unpaired) electrons. The zero-order valence-electron chi connectivity index (χ0n) is 18.3. The van der Waals surface area contributed by atoms with Gasteiger partial charge < -0.3 is 10.1 Å². The highest BCUT2D eigenvalue weighted by atomic mass is 16.5. The van der Waals surface area contributed by atoms with Gasteiger partial charge in [-0.05, 0) is 30.2 Å². The number of ether oxygens (including phenoxy) is 1. The molecule has 0 spiro atoms. The molecular weight excluding hydrogens is 414 g/mol. The summed E-state index contributed by atoms with van der Waals surface area (Å²) >= 11 is 0. The normalized spacial score (nSPS) is 10.7. The van der Waals surface area contributed by atoms with Gasteiger partial charge in [0.05, 0.1) is 18.5 Å². The second kappa shape index (κ2) is 10.4. The molecule has 4 aromatic rings. The highest BCUT2D eigenvalue weighted by Gasteiger charge is 2.24. The Morgan fingerprint density at radius 3 is 1.97 bits per heavy atom. The minimum atomic E-state index is -0.530. The Morgan fingerprint density at radius 1 is 0.879 bits per heavy atom. The quantitative estimate of drug-likeness (QED) is 0.383. The maximum Gasteiger partial charge on any atom is 0.343 e. The molecule has 166 valence electrons. The predicted octanol–water partition coefficient (Wildman–Crippen LogP) is 5.21. The number of aromatic nitrogens is 2. The third kappa shape index (κ3) is 5.18. The smallest absolute Gasteiger partial charge is 0.343 e. The molecule has 1 N–H and O–H groups in total. The number of nitrogens with one attached hydrogen (secondary N) is 1. The summed E-state index contributed by atoms with van der Waals surface area (Å²) in [5, 5.41) is 7.27. The minimum Gasteiger partial charge on any atom is -0.462 e. The van der Waals surface area contributed by atoms with Crippen LogP contribution in [-0.4, -0.2) is 28.3 Å². The number of carbonyl (C=O) groups is 2. The molecule has 0 saturated heterocycles. The molecular formula is C27H25N3O3. The lowest BCUT2D eigenvalue weighted by atomic mass is 9.88. The monoisotopic (exact) mass is 439 g/mol. The van der Waals surface area contributed by atoms with Gasteiger partial charge in [-0.3, -0.25) is 4.79 Å². The highest BCUT2D eigenvalue weighted by molar-refractivity contribution is 6.00. The van der Waals surface area contributed by atoms with Crippen molar-refractivity contribution in [1.82, 2.24) is 9.78 Å². The lowest BCUT2D eigenvalue weighted by Gasteiger charge is -2.18. The second-order valence-corrected chi connectivity index (χ2v) is 7.50. The molecule has 1 amide bonds. The number of carbonyl (C=O) groups excluding carboxylic acids is 2. The lowest BCUT2D eigenvalue weighted by molar-refractivity contribution is -0.116. The van der Waals surface area contributed by atoms with Crippen molar-refractivity contribution in [2.75, 3.05) is 11.9 Å². The second-order valence-electron chi connectivity index (χ2n) is 7.50. The van der Waals surface area contributed by atoms with Crippen molar-refractivity contribution >= 4 is 17.7 Å². The van der Waals surface area contributed by atoms with E-state index in [1.807, 2.05) is 91.0 Å². The van der Waals surface area contributed by atoms with E-state index in [1.54, 1.807) is 11.6 Å². The average molecular weight is 440 g/mol. The van der Waals surface area contributed by atoms with Gasteiger partial charge in [-0.2, -0.15) is 5.10 Å². The van der Waals surface area contributed by atoms with E-state index in [0.717, 1.165) is 16.8 Å². The number of hydrogen-bond donors (Lipinski definition) is 1. The van der Waals surface area contributed by atoms with Gasteiger partial charge in [0.25, 0.3) is 0 Å². The molecule has 4 rings (SSSR count). The molecule has 33 heavy (non-hydrogen) atoms. The molecule has 1 heterocycles. The van der Waals surface area contributed by atoms with Crippen LogP contribution in [-0.2, 0) is 9.53 Å². The Labute approximate surface area is 192 Å². The van der Waals surface area contributed by atoms with E-state index in [4.69, 9.17) is 4.74 Å². The van der Waals surface area contributed by atoms with E-state index in [2.05, 4.69) is 10.4 Å². The first kappa shape index (κ1) is 22.0. The Hall–Kier alpha value is -4.19. The molecule has 0 unspecified atom stereocenters. The number of anilines is 1. The van der Waals surface area contributed by atoms with Gasteiger partial charge >= 0.3 is 5.97 Å². The summed E-state index contributed by atoms with van der Waals surface area (Å²) in [7, 11) is 0. The van der Waals surface area contributed by atoms with E-state index in [9.17, 15) is 9.59 Å². The Kier molecular flexibility index (Phi) is 6.95. The summed E-state index contributed by atoms with van der Waals surface area (Å²) in [6.45, 7) is 1.97. The minimum absolute atomic E-state index is 0.133. The number of hydrogen-bond acceptors (Lipinski definition) is 4. The van der Waals surface area contributed by atoms with Gasteiger partial charge in [0.2, 0.25) is 5.91 Å². The summed E-state index contributed by atoms with van der Waals surface area (Å²) in [5.74, 6) is -0.593.